The Bertz CT molecular complexity index is 1510. The van der Waals surface area contributed by atoms with Gasteiger partial charge in [-0.3, -0.25) is 4.90 Å². The van der Waals surface area contributed by atoms with Gasteiger partial charge in [-0.05, 0) is 81.1 Å². The molecule has 1 aliphatic rings. The summed E-state index contributed by atoms with van der Waals surface area (Å²) in [5.74, 6) is -0.809. The third-order valence-electron chi connectivity index (χ3n) is 7.49. The number of sulfonamides is 1. The molecule has 232 valence electrons. The molecule has 7 nitrogen and oxygen atoms in total. The standard InChI is InChI=1S/C33H41F2N3O4S/c1-24(2)43(40,41)36-33(20-25-11-14-29(34)15-12-25)21-28-19-30(35)16-13-27(28)23-38(33)18-17-37(31(39)42-32(3,4)5)22-26-9-7-6-8-10-26/h6-16,19,24,36H,17-18,20-23H2,1-5H3. The molecule has 10 heteroatoms. The molecule has 3 aromatic carbocycles. The number of hydrogen-bond acceptors (Lipinski definition) is 5. The zero-order valence-electron chi connectivity index (χ0n) is 25.4. The maximum absolute atomic E-state index is 14.4. The Balaban J connectivity index is 1.75. The number of hydrogen-bond donors (Lipinski definition) is 1. The average Bonchev–Trinajstić information content (AvgIpc) is 2.91. The van der Waals surface area contributed by atoms with Crippen LogP contribution in [0.15, 0.2) is 72.8 Å². The number of rotatable bonds is 10. The second kappa shape index (κ2) is 13.1. The van der Waals surface area contributed by atoms with Crippen LogP contribution < -0.4 is 4.72 Å². The minimum absolute atomic E-state index is 0.175. The molecule has 1 unspecified atom stereocenters. The van der Waals surface area contributed by atoms with Crippen molar-refractivity contribution in [1.82, 2.24) is 14.5 Å². The van der Waals surface area contributed by atoms with E-state index in [0.717, 1.165) is 11.1 Å². The van der Waals surface area contributed by atoms with Crippen LogP contribution in [0, 0.1) is 11.6 Å². The molecule has 0 saturated heterocycles. The summed E-state index contributed by atoms with van der Waals surface area (Å²) in [6.45, 7) is 9.73. The highest BCUT2D eigenvalue weighted by Crippen LogP contribution is 2.34. The molecule has 43 heavy (non-hydrogen) atoms. The molecule has 3 aromatic rings. The Hall–Kier alpha value is -3.34. The van der Waals surface area contributed by atoms with E-state index in [9.17, 15) is 22.0 Å². The third kappa shape index (κ3) is 8.61. The van der Waals surface area contributed by atoms with E-state index in [1.165, 1.54) is 24.3 Å². The monoisotopic (exact) mass is 613 g/mol. The predicted molar refractivity (Wildman–Crippen MR) is 164 cm³/mol. The average molecular weight is 614 g/mol. The van der Waals surface area contributed by atoms with Gasteiger partial charge in [0.05, 0.1) is 10.9 Å². The topological polar surface area (TPSA) is 79.0 Å². The number of benzene rings is 3. The zero-order valence-corrected chi connectivity index (χ0v) is 26.3. The second-order valence-corrected chi connectivity index (χ2v) is 14.7. The first-order chi connectivity index (χ1) is 20.2. The molecule has 0 aromatic heterocycles. The third-order valence-corrected chi connectivity index (χ3v) is 9.39. The number of nitrogens with one attached hydrogen (secondary N) is 1. The summed E-state index contributed by atoms with van der Waals surface area (Å²) in [7, 11) is -3.82. The van der Waals surface area contributed by atoms with Crippen LogP contribution in [0.4, 0.5) is 13.6 Å². The molecule has 1 heterocycles. The summed E-state index contributed by atoms with van der Waals surface area (Å²) < 4.78 is 63.9. The normalized spacial score (nSPS) is 17.5. The maximum Gasteiger partial charge on any atom is 0.410 e. The molecule has 1 aliphatic heterocycles. The van der Waals surface area contributed by atoms with Gasteiger partial charge in [0.25, 0.3) is 0 Å². The Labute approximate surface area is 253 Å². The van der Waals surface area contributed by atoms with Crippen LogP contribution in [0.2, 0.25) is 0 Å². The molecule has 4 rings (SSSR count). The van der Waals surface area contributed by atoms with Gasteiger partial charge in [0.1, 0.15) is 17.2 Å². The van der Waals surface area contributed by atoms with Gasteiger partial charge in [0.2, 0.25) is 10.0 Å². The van der Waals surface area contributed by atoms with E-state index < -0.39 is 44.3 Å². The Kier molecular flexibility index (Phi) is 9.93. The summed E-state index contributed by atoms with van der Waals surface area (Å²) >= 11 is 0. The maximum atomic E-state index is 14.4. The van der Waals surface area contributed by atoms with E-state index in [4.69, 9.17) is 4.74 Å². The SMILES string of the molecule is CC(C)S(=O)(=O)NC1(Cc2ccc(F)cc2)Cc2cc(F)ccc2CN1CCN(Cc1ccccc1)C(=O)OC(C)(C)C. The fourth-order valence-corrected chi connectivity index (χ4v) is 6.27. The molecule has 0 spiro atoms. The van der Waals surface area contributed by atoms with Crippen molar-refractivity contribution in [2.45, 2.75) is 77.1 Å². The van der Waals surface area contributed by atoms with Crippen molar-refractivity contribution in [1.29, 1.82) is 0 Å². The molecule has 0 fully saturated rings. The van der Waals surface area contributed by atoms with Crippen LogP contribution in [0.5, 0.6) is 0 Å². The van der Waals surface area contributed by atoms with E-state index in [0.29, 0.717) is 24.2 Å². The van der Waals surface area contributed by atoms with E-state index in [1.807, 2.05) is 35.2 Å². The minimum atomic E-state index is -3.82. The molecule has 1 amide bonds. The van der Waals surface area contributed by atoms with Gasteiger partial charge in [-0.25, -0.2) is 22.0 Å². The molecule has 0 saturated carbocycles. The van der Waals surface area contributed by atoms with Crippen molar-refractivity contribution < 1.29 is 26.7 Å². The lowest BCUT2D eigenvalue weighted by molar-refractivity contribution is 0.0106. The number of fused-ring (bicyclic) bond motifs is 1. The number of carbonyl (C=O) groups is 1. The number of carbonyl (C=O) groups excluding carboxylic acids is 1. The van der Waals surface area contributed by atoms with E-state index in [2.05, 4.69) is 4.72 Å². The van der Waals surface area contributed by atoms with E-state index >= 15 is 0 Å². The van der Waals surface area contributed by atoms with E-state index in [-0.39, 0.29) is 25.9 Å². The largest absolute Gasteiger partial charge is 0.444 e. The fraction of sp³-hybridized carbons (Fsp3) is 0.424. The quantitative estimate of drug-likeness (QED) is 0.302. The van der Waals surface area contributed by atoms with E-state index in [1.54, 1.807) is 57.7 Å². The summed E-state index contributed by atoms with van der Waals surface area (Å²) in [6, 6.07) is 20.0. The van der Waals surface area contributed by atoms with Crippen LogP contribution in [-0.2, 0) is 40.7 Å². The van der Waals surface area contributed by atoms with Crippen LogP contribution in [0.25, 0.3) is 0 Å². The minimum Gasteiger partial charge on any atom is -0.444 e. The van der Waals surface area contributed by atoms with Crippen molar-refractivity contribution in [3.63, 3.8) is 0 Å². The molecule has 0 radical (unpaired) electrons. The van der Waals surface area contributed by atoms with Gasteiger partial charge in [-0.1, -0.05) is 48.5 Å². The Morgan fingerprint density at radius 3 is 2.26 bits per heavy atom. The predicted octanol–water partition coefficient (Wildman–Crippen LogP) is 6.03. The molecular weight excluding hydrogens is 572 g/mol. The first-order valence-corrected chi connectivity index (χ1v) is 16.0. The number of nitrogens with zero attached hydrogens (tertiary/aromatic N) is 2. The van der Waals surface area contributed by atoms with Crippen LogP contribution in [0.1, 0.15) is 56.9 Å². The van der Waals surface area contributed by atoms with Crippen molar-refractivity contribution in [3.8, 4) is 0 Å². The fourth-order valence-electron chi connectivity index (χ4n) is 5.23. The lowest BCUT2D eigenvalue weighted by Crippen LogP contribution is -2.66. The highest BCUT2D eigenvalue weighted by Gasteiger charge is 2.44. The molecule has 0 aliphatic carbocycles. The first-order valence-electron chi connectivity index (χ1n) is 14.5. The van der Waals surface area contributed by atoms with Gasteiger partial charge in [-0.15, -0.1) is 0 Å². The lowest BCUT2D eigenvalue weighted by Gasteiger charge is -2.49. The summed E-state index contributed by atoms with van der Waals surface area (Å²) in [4.78, 5) is 17.0. The van der Waals surface area contributed by atoms with Crippen LogP contribution >= 0.6 is 0 Å². The van der Waals surface area contributed by atoms with Crippen LogP contribution in [-0.4, -0.2) is 53.9 Å². The molecular formula is C33H41F2N3O4S. The van der Waals surface area contributed by atoms with Gasteiger partial charge in [-0.2, -0.15) is 4.72 Å². The van der Waals surface area contributed by atoms with Crippen molar-refractivity contribution >= 4 is 16.1 Å². The Morgan fingerprint density at radius 2 is 1.63 bits per heavy atom. The van der Waals surface area contributed by atoms with Gasteiger partial charge >= 0.3 is 6.09 Å². The Morgan fingerprint density at radius 1 is 0.977 bits per heavy atom. The summed E-state index contributed by atoms with van der Waals surface area (Å²) in [6.07, 6.45) is -0.114. The molecule has 1 N–H and O–H groups in total. The van der Waals surface area contributed by atoms with Gasteiger partial charge in [0.15, 0.2) is 0 Å². The first kappa shape index (κ1) is 32.6. The lowest BCUT2D eigenvalue weighted by atomic mass is 9.85. The van der Waals surface area contributed by atoms with Crippen molar-refractivity contribution in [2.75, 3.05) is 13.1 Å². The molecule has 1 atom stereocenters. The van der Waals surface area contributed by atoms with Crippen LogP contribution in [0.3, 0.4) is 0 Å². The summed E-state index contributed by atoms with van der Waals surface area (Å²) in [5.41, 5.74) is 1.27. The number of halogens is 2. The summed E-state index contributed by atoms with van der Waals surface area (Å²) in [5, 5.41) is -0.732. The zero-order chi connectivity index (χ0) is 31.4. The van der Waals surface area contributed by atoms with Gasteiger partial charge < -0.3 is 9.64 Å². The molecule has 0 bridgehead atoms. The number of amides is 1. The van der Waals surface area contributed by atoms with Gasteiger partial charge in [0, 0.05) is 39.0 Å². The second-order valence-electron chi connectivity index (χ2n) is 12.4. The number of ether oxygens (including phenoxy) is 1. The van der Waals surface area contributed by atoms with Crippen molar-refractivity contribution in [2.24, 2.45) is 0 Å². The highest BCUT2D eigenvalue weighted by molar-refractivity contribution is 7.90. The highest BCUT2D eigenvalue weighted by atomic mass is 32.2. The smallest absolute Gasteiger partial charge is 0.410 e. The van der Waals surface area contributed by atoms with Crippen molar-refractivity contribution in [3.05, 3.63) is 107 Å².